The quantitative estimate of drug-likeness (QED) is 0.878. The predicted molar refractivity (Wildman–Crippen MR) is 65.8 cm³/mol. The Morgan fingerprint density at radius 3 is 2.41 bits per heavy atom. The third kappa shape index (κ3) is 3.78. The highest BCUT2D eigenvalue weighted by molar-refractivity contribution is 7.90. The van der Waals surface area contributed by atoms with Crippen molar-refractivity contribution in [1.29, 1.82) is 0 Å². The number of rotatable bonds is 5. The molecule has 3 nitrogen and oxygen atoms in total. The van der Waals surface area contributed by atoms with Crippen LogP contribution in [0.5, 0.6) is 0 Å². The Labute approximate surface area is 102 Å². The van der Waals surface area contributed by atoms with Crippen LogP contribution in [0.2, 0.25) is 0 Å². The fraction of sp³-hybridized carbons (Fsp3) is 0.500. The van der Waals surface area contributed by atoms with Gasteiger partial charge in [0.2, 0.25) is 10.0 Å². The minimum Gasteiger partial charge on any atom is -0.238 e. The highest BCUT2D eigenvalue weighted by atomic mass is 32.2. The molecule has 0 saturated carbocycles. The van der Waals surface area contributed by atoms with E-state index in [1.807, 2.05) is 0 Å². The monoisotopic (exact) mass is 258 g/mol. The van der Waals surface area contributed by atoms with Gasteiger partial charge in [-0.15, -0.1) is 0 Å². The molecule has 0 aliphatic rings. The maximum Gasteiger partial charge on any atom is 0.214 e. The van der Waals surface area contributed by atoms with Gasteiger partial charge >= 0.3 is 0 Å². The predicted octanol–water partition coefficient (Wildman–Crippen LogP) is 2.00. The Balaban J connectivity index is 2.76. The Kier molecular flexibility index (Phi) is 4.27. The molecule has 1 unspecified atom stereocenters. The Hall–Kier alpha value is -0.940. The minimum atomic E-state index is -3.44. The molecule has 0 aromatic heterocycles. The molecule has 1 aromatic rings. The maximum atomic E-state index is 14.3. The Morgan fingerprint density at radius 2 is 1.94 bits per heavy atom. The first kappa shape index (κ1) is 14.1. The number of alkyl halides is 1. The molecule has 1 aromatic carbocycles. The normalized spacial score (nSPS) is 15.8. The molecule has 95 valence electrons. The van der Waals surface area contributed by atoms with Crippen LogP contribution >= 0.6 is 0 Å². The van der Waals surface area contributed by atoms with Crippen LogP contribution in [0, 0.1) is 6.07 Å². The minimum absolute atomic E-state index is 0.266. The van der Waals surface area contributed by atoms with E-state index in [0.717, 1.165) is 0 Å². The van der Waals surface area contributed by atoms with Crippen molar-refractivity contribution in [2.75, 3.05) is 6.54 Å². The van der Waals surface area contributed by atoms with Crippen LogP contribution in [0.15, 0.2) is 24.3 Å². The van der Waals surface area contributed by atoms with Gasteiger partial charge in [0.15, 0.2) is 0 Å². The number of benzene rings is 1. The van der Waals surface area contributed by atoms with Gasteiger partial charge in [0.25, 0.3) is 0 Å². The van der Waals surface area contributed by atoms with E-state index in [2.05, 4.69) is 10.8 Å². The topological polar surface area (TPSA) is 46.2 Å². The molecule has 17 heavy (non-hydrogen) atoms. The zero-order valence-corrected chi connectivity index (χ0v) is 11.0. The largest absolute Gasteiger partial charge is 0.238 e. The number of hydrogen-bond donors (Lipinski definition) is 1. The number of hydrogen-bond acceptors (Lipinski definition) is 2. The first-order valence-corrected chi connectivity index (χ1v) is 6.94. The molecule has 0 amide bonds. The van der Waals surface area contributed by atoms with Gasteiger partial charge in [-0.2, -0.15) is 0 Å². The summed E-state index contributed by atoms with van der Waals surface area (Å²) in [7, 11) is -3.44. The highest BCUT2D eigenvalue weighted by Crippen LogP contribution is 2.24. The van der Waals surface area contributed by atoms with Crippen LogP contribution in [0.25, 0.3) is 0 Å². The molecule has 0 fully saturated rings. The summed E-state index contributed by atoms with van der Waals surface area (Å²) in [5.74, 6) is 0. The fourth-order valence-electron chi connectivity index (χ4n) is 1.24. The van der Waals surface area contributed by atoms with Gasteiger partial charge in [-0.3, -0.25) is 0 Å². The summed E-state index contributed by atoms with van der Waals surface area (Å²) in [5.41, 5.74) is -1.29. The molecule has 0 bridgehead atoms. The van der Waals surface area contributed by atoms with E-state index in [9.17, 15) is 12.8 Å². The first-order chi connectivity index (χ1) is 7.76. The van der Waals surface area contributed by atoms with Gasteiger partial charge < -0.3 is 0 Å². The summed E-state index contributed by atoms with van der Waals surface area (Å²) in [6, 6.07) is 9.17. The van der Waals surface area contributed by atoms with Gasteiger partial charge in [0.1, 0.15) is 5.67 Å². The molecule has 5 heteroatoms. The van der Waals surface area contributed by atoms with Crippen LogP contribution in [-0.2, 0) is 15.7 Å². The van der Waals surface area contributed by atoms with E-state index >= 15 is 0 Å². The molecule has 1 rings (SSSR count). The lowest BCUT2D eigenvalue weighted by atomic mass is 9.98. The standard InChI is InChI=1S/C12H17FNO2S/c1-10(2)17(15,16)14-9-12(3,13)11-7-5-4-6-8-11/h5-8,10,14H,9H2,1-3H3. The summed E-state index contributed by atoms with van der Waals surface area (Å²) in [4.78, 5) is 0. The molecule has 0 heterocycles. The highest BCUT2D eigenvalue weighted by Gasteiger charge is 2.28. The Morgan fingerprint density at radius 1 is 1.41 bits per heavy atom. The molecule has 1 atom stereocenters. The average Bonchev–Trinajstić information content (AvgIpc) is 2.28. The van der Waals surface area contributed by atoms with E-state index in [4.69, 9.17) is 0 Å². The van der Waals surface area contributed by atoms with Gasteiger partial charge in [-0.25, -0.2) is 17.5 Å². The molecule has 1 N–H and O–H groups in total. The van der Waals surface area contributed by atoms with Gasteiger partial charge in [-0.1, -0.05) is 24.3 Å². The summed E-state index contributed by atoms with van der Waals surface area (Å²) in [6.07, 6.45) is 0. The SMILES string of the molecule is CC(C)S(=O)(=O)NCC(C)(F)c1cc[c]cc1. The lowest BCUT2D eigenvalue weighted by Gasteiger charge is -2.22. The zero-order valence-electron chi connectivity index (χ0n) is 10.2. The van der Waals surface area contributed by atoms with Crippen molar-refractivity contribution >= 4 is 10.0 Å². The van der Waals surface area contributed by atoms with Crippen molar-refractivity contribution in [1.82, 2.24) is 4.72 Å². The third-order valence-electron chi connectivity index (χ3n) is 2.55. The summed E-state index contributed by atoms with van der Waals surface area (Å²) < 4.78 is 39.6. The van der Waals surface area contributed by atoms with E-state index in [1.165, 1.54) is 6.92 Å². The van der Waals surface area contributed by atoms with Crippen molar-refractivity contribution in [2.45, 2.75) is 31.7 Å². The van der Waals surface area contributed by atoms with Crippen LogP contribution in [-0.4, -0.2) is 20.2 Å². The molecule has 0 aliphatic carbocycles. The summed E-state index contributed by atoms with van der Waals surface area (Å²) in [6.45, 7) is 4.19. The fourth-order valence-corrected chi connectivity index (χ4v) is 2.04. The van der Waals surface area contributed by atoms with E-state index < -0.39 is 20.9 Å². The first-order valence-electron chi connectivity index (χ1n) is 5.40. The van der Waals surface area contributed by atoms with E-state index in [-0.39, 0.29) is 6.54 Å². The third-order valence-corrected chi connectivity index (χ3v) is 4.33. The number of halogens is 1. The molecule has 1 radical (unpaired) electrons. The van der Waals surface area contributed by atoms with Crippen LogP contribution in [0.4, 0.5) is 4.39 Å². The summed E-state index contributed by atoms with van der Waals surface area (Å²) >= 11 is 0. The zero-order chi connectivity index (χ0) is 13.1. The maximum absolute atomic E-state index is 14.3. The van der Waals surface area contributed by atoms with Crippen LogP contribution in [0.3, 0.4) is 0 Å². The van der Waals surface area contributed by atoms with Crippen molar-refractivity contribution in [2.24, 2.45) is 0 Å². The second-order valence-electron chi connectivity index (χ2n) is 4.40. The molecule has 0 spiro atoms. The summed E-state index contributed by atoms with van der Waals surface area (Å²) in [5, 5.41) is -0.567. The molecular weight excluding hydrogens is 241 g/mol. The van der Waals surface area contributed by atoms with Gasteiger partial charge in [0.05, 0.1) is 5.25 Å². The molecule has 0 aliphatic heterocycles. The smallest absolute Gasteiger partial charge is 0.214 e. The Bertz CT molecular complexity index is 455. The second kappa shape index (κ2) is 5.14. The molecular formula is C12H17FNO2S. The van der Waals surface area contributed by atoms with Crippen molar-refractivity contribution in [3.63, 3.8) is 0 Å². The van der Waals surface area contributed by atoms with Crippen molar-refractivity contribution < 1.29 is 12.8 Å². The van der Waals surface area contributed by atoms with E-state index in [1.54, 1.807) is 38.1 Å². The molecule has 0 saturated heterocycles. The number of nitrogens with one attached hydrogen (secondary N) is 1. The lowest BCUT2D eigenvalue weighted by Crippen LogP contribution is -2.39. The van der Waals surface area contributed by atoms with Crippen molar-refractivity contribution in [3.05, 3.63) is 35.9 Å². The number of sulfonamides is 1. The lowest BCUT2D eigenvalue weighted by molar-refractivity contribution is 0.196. The average molecular weight is 258 g/mol. The second-order valence-corrected chi connectivity index (χ2v) is 6.72. The van der Waals surface area contributed by atoms with Crippen molar-refractivity contribution in [3.8, 4) is 0 Å². The van der Waals surface area contributed by atoms with Crippen LogP contribution < -0.4 is 4.72 Å². The van der Waals surface area contributed by atoms with E-state index in [0.29, 0.717) is 5.56 Å². The van der Waals surface area contributed by atoms with Gasteiger partial charge in [-0.05, 0) is 32.4 Å². The van der Waals surface area contributed by atoms with Crippen LogP contribution in [0.1, 0.15) is 26.3 Å². The van der Waals surface area contributed by atoms with Gasteiger partial charge in [0, 0.05) is 6.54 Å².